The molecule has 25 heavy (non-hydrogen) atoms. The van der Waals surface area contributed by atoms with E-state index >= 15 is 0 Å². The van der Waals surface area contributed by atoms with E-state index in [2.05, 4.69) is 15.0 Å². The lowest BCUT2D eigenvalue weighted by atomic mass is 9.96. The molecule has 0 unspecified atom stereocenters. The first-order valence-electron chi connectivity index (χ1n) is 7.68. The van der Waals surface area contributed by atoms with Crippen molar-refractivity contribution in [3.63, 3.8) is 0 Å². The highest BCUT2D eigenvalue weighted by atomic mass is 19.1. The number of hydrogen-bond acceptors (Lipinski definition) is 6. The molecule has 0 radical (unpaired) electrons. The number of methoxy groups -OCH3 is 1. The molecule has 1 N–H and O–H groups in total. The van der Waals surface area contributed by atoms with Crippen LogP contribution >= 0.6 is 0 Å². The molecular weight excluding hydrogens is 329 g/mol. The summed E-state index contributed by atoms with van der Waals surface area (Å²) in [5.41, 5.74) is 0.525. The Morgan fingerprint density at radius 2 is 2.08 bits per heavy atom. The van der Waals surface area contributed by atoms with E-state index in [1.165, 1.54) is 25.4 Å². The highest BCUT2D eigenvalue weighted by Crippen LogP contribution is 2.48. The van der Waals surface area contributed by atoms with Gasteiger partial charge in [0.25, 0.3) is 0 Å². The zero-order valence-electron chi connectivity index (χ0n) is 13.5. The van der Waals surface area contributed by atoms with Crippen LogP contribution in [0.2, 0.25) is 0 Å². The van der Waals surface area contributed by atoms with Crippen LogP contribution in [0.15, 0.2) is 36.5 Å². The molecule has 0 amide bonds. The number of esters is 1. The molecule has 8 heteroatoms. The molecule has 2 aromatic rings. The SMILES string of the molecule is COC(=O)c1cnc(NCC2(c3ccc(F)cc3)CC2)c([N+](=O)[O-])c1. The van der Waals surface area contributed by atoms with Gasteiger partial charge in [-0.3, -0.25) is 10.1 Å². The van der Waals surface area contributed by atoms with Crippen LogP contribution in [0.25, 0.3) is 0 Å². The summed E-state index contributed by atoms with van der Waals surface area (Å²) in [5, 5.41) is 14.3. The standard InChI is InChI=1S/C17H16FN3O4/c1-25-16(22)11-8-14(21(23)24)15(19-9-11)20-10-17(6-7-17)12-2-4-13(18)5-3-12/h2-5,8-9H,6-7,10H2,1H3,(H,19,20). The number of carbonyl (C=O) groups is 1. The van der Waals surface area contributed by atoms with Crippen LogP contribution in [-0.2, 0) is 10.2 Å². The maximum absolute atomic E-state index is 13.1. The summed E-state index contributed by atoms with van der Waals surface area (Å²) in [5.74, 6) is -0.902. The number of benzene rings is 1. The Morgan fingerprint density at radius 3 is 2.64 bits per heavy atom. The van der Waals surface area contributed by atoms with E-state index in [4.69, 9.17) is 0 Å². The van der Waals surface area contributed by atoms with Crippen molar-refractivity contribution in [2.24, 2.45) is 0 Å². The summed E-state index contributed by atoms with van der Waals surface area (Å²) < 4.78 is 17.6. The zero-order valence-corrected chi connectivity index (χ0v) is 13.5. The fraction of sp³-hybridized carbons (Fsp3) is 0.294. The zero-order chi connectivity index (χ0) is 18.0. The van der Waals surface area contributed by atoms with Crippen LogP contribution in [0, 0.1) is 15.9 Å². The molecule has 0 saturated heterocycles. The number of halogens is 1. The largest absolute Gasteiger partial charge is 0.465 e. The van der Waals surface area contributed by atoms with Gasteiger partial charge < -0.3 is 10.1 Å². The molecule has 0 bridgehead atoms. The predicted octanol–water partition coefficient (Wildman–Crippen LogP) is 3.06. The van der Waals surface area contributed by atoms with Gasteiger partial charge in [-0.1, -0.05) is 12.1 Å². The molecule has 7 nitrogen and oxygen atoms in total. The van der Waals surface area contributed by atoms with Crippen molar-refractivity contribution in [1.82, 2.24) is 4.98 Å². The molecule has 0 atom stereocenters. The second kappa shape index (κ2) is 6.46. The summed E-state index contributed by atoms with van der Waals surface area (Å²) >= 11 is 0. The minimum atomic E-state index is -0.688. The molecule has 1 heterocycles. The Kier molecular flexibility index (Phi) is 4.35. The van der Waals surface area contributed by atoms with Gasteiger partial charge in [0.2, 0.25) is 5.82 Å². The fourth-order valence-electron chi connectivity index (χ4n) is 2.73. The Balaban J connectivity index is 1.80. The topological polar surface area (TPSA) is 94.4 Å². The number of aromatic nitrogens is 1. The van der Waals surface area contributed by atoms with E-state index in [1.807, 2.05) is 0 Å². The van der Waals surface area contributed by atoms with Crippen molar-refractivity contribution >= 4 is 17.5 Å². The summed E-state index contributed by atoms with van der Waals surface area (Å²) in [6.45, 7) is 0.435. The van der Waals surface area contributed by atoms with Gasteiger partial charge >= 0.3 is 11.7 Å². The summed E-state index contributed by atoms with van der Waals surface area (Å²) in [6, 6.07) is 7.40. The van der Waals surface area contributed by atoms with Crippen molar-refractivity contribution in [3.05, 3.63) is 63.6 Å². The number of nitro groups is 1. The van der Waals surface area contributed by atoms with E-state index < -0.39 is 10.9 Å². The van der Waals surface area contributed by atoms with Gasteiger partial charge in [-0.25, -0.2) is 14.2 Å². The van der Waals surface area contributed by atoms with Gasteiger partial charge in [-0.05, 0) is 30.5 Å². The van der Waals surface area contributed by atoms with Gasteiger partial charge in [-0.15, -0.1) is 0 Å². The Hall–Kier alpha value is -3.03. The lowest BCUT2D eigenvalue weighted by Gasteiger charge is -2.17. The van der Waals surface area contributed by atoms with Crippen LogP contribution in [0.5, 0.6) is 0 Å². The predicted molar refractivity (Wildman–Crippen MR) is 88.0 cm³/mol. The van der Waals surface area contributed by atoms with Gasteiger partial charge in [0.15, 0.2) is 0 Å². The van der Waals surface area contributed by atoms with Crippen molar-refractivity contribution in [1.29, 1.82) is 0 Å². The van der Waals surface area contributed by atoms with Crippen molar-refractivity contribution in [2.45, 2.75) is 18.3 Å². The molecule has 1 saturated carbocycles. The monoisotopic (exact) mass is 345 g/mol. The van der Waals surface area contributed by atoms with Crippen molar-refractivity contribution in [2.75, 3.05) is 19.0 Å². The van der Waals surface area contributed by atoms with Crippen molar-refractivity contribution in [3.8, 4) is 0 Å². The van der Waals surface area contributed by atoms with Gasteiger partial charge in [-0.2, -0.15) is 0 Å². The Morgan fingerprint density at radius 1 is 1.40 bits per heavy atom. The average Bonchev–Trinajstić information content (AvgIpc) is 3.40. The quantitative estimate of drug-likeness (QED) is 0.491. The third-order valence-corrected chi connectivity index (χ3v) is 4.39. The molecule has 0 aliphatic heterocycles. The van der Waals surface area contributed by atoms with Crippen LogP contribution in [0.3, 0.4) is 0 Å². The lowest BCUT2D eigenvalue weighted by Crippen LogP contribution is -2.21. The summed E-state index contributed by atoms with van der Waals surface area (Å²) in [6.07, 6.45) is 3.04. The molecule has 1 aromatic heterocycles. The van der Waals surface area contributed by atoms with E-state index in [0.717, 1.165) is 24.5 Å². The van der Waals surface area contributed by atoms with Crippen LogP contribution in [-0.4, -0.2) is 29.5 Å². The Bertz CT molecular complexity index is 819. The third-order valence-electron chi connectivity index (χ3n) is 4.39. The first kappa shape index (κ1) is 16.8. The number of hydrogen-bond donors (Lipinski definition) is 1. The molecule has 1 aliphatic rings. The number of nitrogens with one attached hydrogen (secondary N) is 1. The Labute approximate surface area is 143 Å². The third kappa shape index (κ3) is 3.42. The number of ether oxygens (including phenoxy) is 1. The molecule has 0 spiro atoms. The second-order valence-electron chi connectivity index (χ2n) is 5.98. The van der Waals surface area contributed by atoms with Crippen LogP contribution in [0.4, 0.5) is 15.9 Å². The van der Waals surface area contributed by atoms with Gasteiger partial charge in [0.1, 0.15) is 5.82 Å². The number of anilines is 1. The smallest absolute Gasteiger partial charge is 0.339 e. The van der Waals surface area contributed by atoms with Crippen molar-refractivity contribution < 1.29 is 18.8 Å². The maximum atomic E-state index is 13.1. The molecule has 1 aromatic carbocycles. The number of pyridine rings is 1. The van der Waals surface area contributed by atoms with E-state index in [9.17, 15) is 19.3 Å². The molecule has 3 rings (SSSR count). The molecule has 130 valence electrons. The maximum Gasteiger partial charge on any atom is 0.339 e. The average molecular weight is 345 g/mol. The van der Waals surface area contributed by atoms with E-state index in [1.54, 1.807) is 12.1 Å². The van der Waals surface area contributed by atoms with Gasteiger partial charge in [0.05, 0.1) is 17.6 Å². The number of rotatable bonds is 6. The molecule has 1 aliphatic carbocycles. The normalized spacial score (nSPS) is 14.6. The minimum absolute atomic E-state index is 0.0134. The fourth-order valence-corrected chi connectivity index (χ4v) is 2.73. The van der Waals surface area contributed by atoms with Gasteiger partial charge in [0, 0.05) is 24.2 Å². The lowest BCUT2D eigenvalue weighted by molar-refractivity contribution is -0.384. The first-order chi connectivity index (χ1) is 11.9. The second-order valence-corrected chi connectivity index (χ2v) is 5.98. The highest BCUT2D eigenvalue weighted by Gasteiger charge is 2.44. The number of nitrogens with zero attached hydrogens (tertiary/aromatic N) is 2. The molecular formula is C17H16FN3O4. The summed E-state index contributed by atoms with van der Waals surface area (Å²) in [7, 11) is 1.19. The van der Waals surface area contributed by atoms with Crippen LogP contribution in [0.1, 0.15) is 28.8 Å². The minimum Gasteiger partial charge on any atom is -0.465 e. The van der Waals surface area contributed by atoms with E-state index in [0.29, 0.717) is 6.54 Å². The summed E-state index contributed by atoms with van der Waals surface area (Å²) in [4.78, 5) is 26.2. The number of carbonyl (C=O) groups excluding carboxylic acids is 1. The molecule has 1 fully saturated rings. The van der Waals surface area contributed by atoms with Crippen LogP contribution < -0.4 is 5.32 Å². The highest BCUT2D eigenvalue weighted by molar-refractivity contribution is 5.90. The van der Waals surface area contributed by atoms with E-state index in [-0.39, 0.29) is 28.3 Å². The first-order valence-corrected chi connectivity index (χ1v) is 7.68.